The third-order valence-electron chi connectivity index (χ3n) is 4.71. The second kappa shape index (κ2) is 6.16. The van der Waals surface area contributed by atoms with Gasteiger partial charge in [-0.1, -0.05) is 6.42 Å². The molecule has 1 N–H and O–H groups in total. The fourth-order valence-corrected chi connectivity index (χ4v) is 3.55. The van der Waals surface area contributed by atoms with Crippen molar-refractivity contribution in [3.8, 4) is 5.75 Å². The largest absolute Gasteiger partial charge is 0.497 e. The molecule has 1 fully saturated rings. The monoisotopic (exact) mass is 303 g/mol. The van der Waals surface area contributed by atoms with Gasteiger partial charge in [-0.2, -0.15) is 0 Å². The molecule has 120 valence electrons. The highest BCUT2D eigenvalue weighted by atomic mass is 16.5. The van der Waals surface area contributed by atoms with E-state index in [1.165, 1.54) is 12.8 Å². The number of hydrogen-bond donors (Lipinski definition) is 1. The minimum atomic E-state index is -0.0301. The predicted octanol–water partition coefficient (Wildman–Crippen LogP) is 2.60. The molecule has 5 heteroatoms. The van der Waals surface area contributed by atoms with Crippen LogP contribution in [0.4, 0.5) is 0 Å². The lowest BCUT2D eigenvalue weighted by atomic mass is 10.0. The zero-order valence-corrected chi connectivity index (χ0v) is 13.6. The zero-order valence-electron chi connectivity index (χ0n) is 13.6. The maximum Gasteiger partial charge on any atom is 0.326 e. The van der Waals surface area contributed by atoms with Crippen molar-refractivity contribution in [2.45, 2.75) is 51.7 Å². The third kappa shape index (κ3) is 2.77. The van der Waals surface area contributed by atoms with E-state index in [1.54, 1.807) is 7.11 Å². The molecule has 3 rings (SSSR count). The van der Waals surface area contributed by atoms with Crippen LogP contribution in [0.5, 0.6) is 5.75 Å². The lowest BCUT2D eigenvalue weighted by Gasteiger charge is -2.38. The molecule has 1 aliphatic heterocycles. The Morgan fingerprint density at radius 2 is 2.18 bits per heavy atom. The molecule has 1 aromatic carbocycles. The lowest BCUT2D eigenvalue weighted by Crippen LogP contribution is -2.46. The molecule has 5 nitrogen and oxygen atoms in total. The highest BCUT2D eigenvalue weighted by Gasteiger charge is 2.25. The standard InChI is InChI=1S/C17H25N3O2/c1-12(2)19-9-5-4-6-13(19)11-20-16-10-14(22-3)7-8-15(16)18-17(20)21/h7-8,10,12-13H,4-6,9,11H2,1-3H3,(H,18,21). The molecule has 0 aliphatic carbocycles. The third-order valence-corrected chi connectivity index (χ3v) is 4.71. The van der Waals surface area contributed by atoms with Gasteiger partial charge < -0.3 is 9.72 Å². The summed E-state index contributed by atoms with van der Waals surface area (Å²) in [6.07, 6.45) is 3.65. The summed E-state index contributed by atoms with van der Waals surface area (Å²) in [5, 5.41) is 0. The Morgan fingerprint density at radius 1 is 1.36 bits per heavy atom. The average molecular weight is 303 g/mol. The van der Waals surface area contributed by atoms with E-state index >= 15 is 0 Å². The van der Waals surface area contributed by atoms with Crippen LogP contribution < -0.4 is 10.4 Å². The van der Waals surface area contributed by atoms with Gasteiger partial charge in [0.2, 0.25) is 0 Å². The Labute approximate surface area is 130 Å². The van der Waals surface area contributed by atoms with Crippen LogP contribution in [0.2, 0.25) is 0 Å². The number of ether oxygens (including phenoxy) is 1. The zero-order chi connectivity index (χ0) is 15.7. The van der Waals surface area contributed by atoms with Crippen LogP contribution in [-0.2, 0) is 6.54 Å². The van der Waals surface area contributed by atoms with Gasteiger partial charge in [0.25, 0.3) is 0 Å². The molecule has 0 amide bonds. The molecule has 1 atom stereocenters. The van der Waals surface area contributed by atoms with Crippen LogP contribution in [0.15, 0.2) is 23.0 Å². The van der Waals surface area contributed by atoms with Crippen LogP contribution in [-0.4, -0.2) is 40.2 Å². The molecular formula is C17H25N3O2. The average Bonchev–Trinajstić information content (AvgIpc) is 2.83. The Kier molecular flexibility index (Phi) is 4.25. The molecule has 1 aliphatic rings. The van der Waals surface area contributed by atoms with Gasteiger partial charge in [-0.15, -0.1) is 0 Å². The van der Waals surface area contributed by atoms with Crippen molar-refractivity contribution in [2.75, 3.05) is 13.7 Å². The van der Waals surface area contributed by atoms with E-state index in [1.807, 2.05) is 22.8 Å². The number of H-pyrrole nitrogens is 1. The van der Waals surface area contributed by atoms with Crippen LogP contribution in [0.25, 0.3) is 11.0 Å². The second-order valence-electron chi connectivity index (χ2n) is 6.41. The summed E-state index contributed by atoms with van der Waals surface area (Å²) in [4.78, 5) is 17.8. The molecule has 2 aromatic rings. The quantitative estimate of drug-likeness (QED) is 0.944. The molecule has 1 saturated heterocycles. The molecule has 0 radical (unpaired) electrons. The predicted molar refractivity (Wildman–Crippen MR) is 88.6 cm³/mol. The maximum absolute atomic E-state index is 12.3. The van der Waals surface area contributed by atoms with E-state index in [2.05, 4.69) is 23.7 Å². The Hall–Kier alpha value is -1.75. The van der Waals surface area contributed by atoms with Crippen molar-refractivity contribution in [3.63, 3.8) is 0 Å². The Balaban J connectivity index is 1.95. The second-order valence-corrected chi connectivity index (χ2v) is 6.41. The van der Waals surface area contributed by atoms with Gasteiger partial charge in [0, 0.05) is 24.7 Å². The first kappa shape index (κ1) is 15.2. The maximum atomic E-state index is 12.3. The summed E-state index contributed by atoms with van der Waals surface area (Å²) in [5.41, 5.74) is 1.77. The van der Waals surface area contributed by atoms with Gasteiger partial charge in [-0.05, 0) is 45.4 Å². The highest BCUT2D eigenvalue weighted by molar-refractivity contribution is 5.77. The van der Waals surface area contributed by atoms with Crippen molar-refractivity contribution in [3.05, 3.63) is 28.7 Å². The van der Waals surface area contributed by atoms with Gasteiger partial charge in [0.15, 0.2) is 0 Å². The Morgan fingerprint density at radius 3 is 2.91 bits per heavy atom. The molecular weight excluding hydrogens is 278 g/mol. The van der Waals surface area contributed by atoms with Crippen LogP contribution in [0.1, 0.15) is 33.1 Å². The number of hydrogen-bond acceptors (Lipinski definition) is 3. The first-order valence-corrected chi connectivity index (χ1v) is 8.12. The minimum Gasteiger partial charge on any atom is -0.497 e. The van der Waals surface area contributed by atoms with Gasteiger partial charge in [-0.3, -0.25) is 9.47 Å². The molecule has 22 heavy (non-hydrogen) atoms. The summed E-state index contributed by atoms with van der Waals surface area (Å²) < 4.78 is 7.16. The van der Waals surface area contributed by atoms with E-state index in [0.717, 1.165) is 36.3 Å². The summed E-state index contributed by atoms with van der Waals surface area (Å²) >= 11 is 0. The molecule has 0 spiro atoms. The summed E-state index contributed by atoms with van der Waals surface area (Å²) in [6, 6.07) is 6.67. The van der Waals surface area contributed by atoms with Crippen LogP contribution in [0, 0.1) is 0 Å². The van der Waals surface area contributed by atoms with E-state index < -0.39 is 0 Å². The number of likely N-dealkylation sites (tertiary alicyclic amines) is 1. The Bertz CT molecular complexity index is 701. The molecule has 1 unspecified atom stereocenters. The molecule has 0 saturated carbocycles. The first-order valence-electron chi connectivity index (χ1n) is 8.12. The van der Waals surface area contributed by atoms with Crippen molar-refractivity contribution < 1.29 is 4.74 Å². The van der Waals surface area contributed by atoms with Gasteiger partial charge in [0.05, 0.1) is 18.1 Å². The van der Waals surface area contributed by atoms with E-state index in [0.29, 0.717) is 12.1 Å². The number of aromatic amines is 1. The topological polar surface area (TPSA) is 50.3 Å². The van der Waals surface area contributed by atoms with Crippen LogP contribution >= 0.6 is 0 Å². The number of nitrogens with one attached hydrogen (secondary N) is 1. The van der Waals surface area contributed by atoms with Crippen LogP contribution in [0.3, 0.4) is 0 Å². The van der Waals surface area contributed by atoms with E-state index in [9.17, 15) is 4.79 Å². The number of imidazole rings is 1. The first-order chi connectivity index (χ1) is 10.6. The van der Waals surface area contributed by atoms with Crippen molar-refractivity contribution in [2.24, 2.45) is 0 Å². The summed E-state index contributed by atoms with van der Waals surface area (Å²) in [7, 11) is 1.65. The summed E-state index contributed by atoms with van der Waals surface area (Å²) in [6.45, 7) is 6.34. The number of benzene rings is 1. The van der Waals surface area contributed by atoms with Crippen molar-refractivity contribution >= 4 is 11.0 Å². The number of aromatic nitrogens is 2. The smallest absolute Gasteiger partial charge is 0.326 e. The fraction of sp³-hybridized carbons (Fsp3) is 0.588. The van der Waals surface area contributed by atoms with E-state index in [4.69, 9.17) is 4.74 Å². The number of rotatable bonds is 4. The lowest BCUT2D eigenvalue weighted by molar-refractivity contribution is 0.0993. The molecule has 0 bridgehead atoms. The number of methoxy groups -OCH3 is 1. The van der Waals surface area contributed by atoms with Crippen molar-refractivity contribution in [1.82, 2.24) is 14.5 Å². The number of piperidine rings is 1. The summed E-state index contributed by atoms with van der Waals surface area (Å²) in [5.74, 6) is 0.782. The normalized spacial score (nSPS) is 19.9. The minimum absolute atomic E-state index is 0.0301. The fourth-order valence-electron chi connectivity index (χ4n) is 3.55. The highest BCUT2D eigenvalue weighted by Crippen LogP contribution is 2.23. The SMILES string of the molecule is COc1ccc2[nH]c(=O)n(CC3CCCCN3C(C)C)c2c1. The molecule has 2 heterocycles. The van der Waals surface area contributed by atoms with E-state index in [-0.39, 0.29) is 5.69 Å². The number of fused-ring (bicyclic) bond motifs is 1. The van der Waals surface area contributed by atoms with Crippen molar-refractivity contribution in [1.29, 1.82) is 0 Å². The van der Waals surface area contributed by atoms with Gasteiger partial charge in [0.1, 0.15) is 5.75 Å². The van der Waals surface area contributed by atoms with Gasteiger partial charge >= 0.3 is 5.69 Å². The van der Waals surface area contributed by atoms with Gasteiger partial charge in [-0.25, -0.2) is 4.79 Å². The molecule has 1 aromatic heterocycles. The number of nitrogens with zero attached hydrogens (tertiary/aromatic N) is 2.